The molecule has 0 amide bonds. The average molecular weight is 287 g/mol. The van der Waals surface area contributed by atoms with Crippen molar-refractivity contribution in [1.29, 1.82) is 0 Å². The summed E-state index contributed by atoms with van der Waals surface area (Å²) in [6, 6.07) is 11.0. The molecule has 0 aliphatic carbocycles. The van der Waals surface area contributed by atoms with Gasteiger partial charge in [0.15, 0.2) is 0 Å². The largest absolute Gasteiger partial charge is 0.496 e. The second-order valence-electron chi connectivity index (χ2n) is 5.23. The highest BCUT2D eigenvalue weighted by atomic mass is 19.1. The van der Waals surface area contributed by atoms with Gasteiger partial charge in [-0.05, 0) is 54.8 Å². The molecule has 21 heavy (non-hydrogen) atoms. The molecule has 1 unspecified atom stereocenters. The third-order valence-corrected chi connectivity index (χ3v) is 3.63. The van der Waals surface area contributed by atoms with Crippen LogP contribution in [0.4, 0.5) is 4.39 Å². The minimum absolute atomic E-state index is 0.0545. The van der Waals surface area contributed by atoms with Crippen molar-refractivity contribution in [1.82, 2.24) is 5.32 Å². The van der Waals surface area contributed by atoms with E-state index in [9.17, 15) is 4.39 Å². The molecule has 0 heterocycles. The van der Waals surface area contributed by atoms with Crippen molar-refractivity contribution in [3.63, 3.8) is 0 Å². The number of benzene rings is 2. The standard InChI is InChI=1S/C18H22FNO/c1-5-20-17(14-6-8-16(19)9-7-14)15-10-12(2)18(21-4)13(3)11-15/h6-11,17,20H,5H2,1-4H3. The van der Waals surface area contributed by atoms with E-state index in [1.54, 1.807) is 7.11 Å². The molecule has 0 aliphatic heterocycles. The van der Waals surface area contributed by atoms with E-state index in [4.69, 9.17) is 4.74 Å². The zero-order valence-electron chi connectivity index (χ0n) is 13.0. The molecule has 0 aliphatic rings. The van der Waals surface area contributed by atoms with Crippen LogP contribution < -0.4 is 10.1 Å². The summed E-state index contributed by atoms with van der Waals surface area (Å²) in [5.41, 5.74) is 4.44. The summed E-state index contributed by atoms with van der Waals surface area (Å²) in [6.45, 7) is 7.00. The lowest BCUT2D eigenvalue weighted by atomic mass is 9.95. The number of hydrogen-bond acceptors (Lipinski definition) is 2. The van der Waals surface area contributed by atoms with Gasteiger partial charge in [0.2, 0.25) is 0 Å². The first-order chi connectivity index (χ1) is 10.1. The molecule has 0 aromatic heterocycles. The zero-order valence-corrected chi connectivity index (χ0v) is 13.0. The molecule has 0 saturated heterocycles. The SMILES string of the molecule is CCNC(c1ccc(F)cc1)c1cc(C)c(OC)c(C)c1. The Morgan fingerprint density at radius 1 is 1.05 bits per heavy atom. The fourth-order valence-electron chi connectivity index (χ4n) is 2.76. The average Bonchev–Trinajstić information content (AvgIpc) is 2.45. The summed E-state index contributed by atoms with van der Waals surface area (Å²) in [7, 11) is 1.69. The van der Waals surface area contributed by atoms with Crippen LogP contribution >= 0.6 is 0 Å². The molecule has 2 nitrogen and oxygen atoms in total. The van der Waals surface area contributed by atoms with Crippen LogP contribution in [-0.4, -0.2) is 13.7 Å². The number of halogens is 1. The van der Waals surface area contributed by atoms with Crippen LogP contribution in [0.3, 0.4) is 0 Å². The molecule has 1 N–H and O–H groups in total. The molecule has 0 fully saturated rings. The minimum atomic E-state index is -0.212. The Balaban J connectivity index is 2.45. The molecule has 2 aromatic rings. The smallest absolute Gasteiger partial charge is 0.124 e. The number of ether oxygens (including phenoxy) is 1. The van der Waals surface area contributed by atoms with Gasteiger partial charge in [-0.3, -0.25) is 0 Å². The fourth-order valence-corrected chi connectivity index (χ4v) is 2.76. The van der Waals surface area contributed by atoms with E-state index in [1.165, 1.54) is 17.7 Å². The van der Waals surface area contributed by atoms with E-state index in [0.29, 0.717) is 0 Å². The second kappa shape index (κ2) is 6.72. The van der Waals surface area contributed by atoms with E-state index in [2.05, 4.69) is 24.4 Å². The lowest BCUT2D eigenvalue weighted by molar-refractivity contribution is 0.408. The molecule has 2 rings (SSSR count). The molecule has 1 atom stereocenters. The predicted molar refractivity (Wildman–Crippen MR) is 84.4 cm³/mol. The van der Waals surface area contributed by atoms with Crippen molar-refractivity contribution in [2.75, 3.05) is 13.7 Å². The van der Waals surface area contributed by atoms with Crippen LogP contribution in [0.5, 0.6) is 5.75 Å². The van der Waals surface area contributed by atoms with E-state index in [1.807, 2.05) is 26.0 Å². The van der Waals surface area contributed by atoms with Gasteiger partial charge >= 0.3 is 0 Å². The van der Waals surface area contributed by atoms with Crippen LogP contribution in [0.1, 0.15) is 35.2 Å². The Kier molecular flexibility index (Phi) is 4.97. The van der Waals surface area contributed by atoms with Crippen molar-refractivity contribution in [3.8, 4) is 5.75 Å². The van der Waals surface area contributed by atoms with Crippen molar-refractivity contribution in [2.45, 2.75) is 26.8 Å². The van der Waals surface area contributed by atoms with Gasteiger partial charge in [0.05, 0.1) is 13.2 Å². The lowest BCUT2D eigenvalue weighted by Crippen LogP contribution is -2.22. The highest BCUT2D eigenvalue weighted by Crippen LogP contribution is 2.30. The first-order valence-electron chi connectivity index (χ1n) is 7.20. The number of hydrogen-bond donors (Lipinski definition) is 1. The maximum Gasteiger partial charge on any atom is 0.124 e. The zero-order chi connectivity index (χ0) is 15.4. The Labute approximate surface area is 126 Å². The summed E-state index contributed by atoms with van der Waals surface area (Å²) in [6.07, 6.45) is 0. The fraction of sp³-hybridized carbons (Fsp3) is 0.333. The molecular weight excluding hydrogens is 265 g/mol. The molecule has 112 valence electrons. The molecule has 0 spiro atoms. The number of rotatable bonds is 5. The Bertz CT molecular complexity index is 584. The molecule has 0 radical (unpaired) electrons. The van der Waals surface area contributed by atoms with Crippen molar-refractivity contribution in [2.24, 2.45) is 0 Å². The first-order valence-corrected chi connectivity index (χ1v) is 7.20. The third kappa shape index (κ3) is 3.42. The van der Waals surface area contributed by atoms with E-state index < -0.39 is 0 Å². The number of nitrogens with one attached hydrogen (secondary N) is 1. The molecule has 2 aromatic carbocycles. The van der Waals surface area contributed by atoms with E-state index in [0.717, 1.165) is 29.0 Å². The second-order valence-corrected chi connectivity index (χ2v) is 5.23. The monoisotopic (exact) mass is 287 g/mol. The Hall–Kier alpha value is -1.87. The third-order valence-electron chi connectivity index (χ3n) is 3.63. The van der Waals surface area contributed by atoms with Gasteiger partial charge in [-0.15, -0.1) is 0 Å². The van der Waals surface area contributed by atoms with Crippen LogP contribution in [0.25, 0.3) is 0 Å². The highest BCUT2D eigenvalue weighted by Gasteiger charge is 2.16. The predicted octanol–water partition coefficient (Wildman–Crippen LogP) is 4.15. The summed E-state index contributed by atoms with van der Waals surface area (Å²) in [5.74, 6) is 0.712. The van der Waals surface area contributed by atoms with Crippen LogP contribution in [0, 0.1) is 19.7 Å². The molecule has 3 heteroatoms. The molecular formula is C18H22FNO. The molecule has 0 bridgehead atoms. The normalized spacial score (nSPS) is 12.2. The highest BCUT2D eigenvalue weighted by molar-refractivity contribution is 5.46. The van der Waals surface area contributed by atoms with Gasteiger partial charge in [0, 0.05) is 0 Å². The van der Waals surface area contributed by atoms with Gasteiger partial charge < -0.3 is 10.1 Å². The maximum atomic E-state index is 13.1. The van der Waals surface area contributed by atoms with Gasteiger partial charge in [0.25, 0.3) is 0 Å². The number of aryl methyl sites for hydroxylation is 2. The first kappa shape index (κ1) is 15.5. The Morgan fingerprint density at radius 2 is 1.62 bits per heavy atom. The van der Waals surface area contributed by atoms with E-state index >= 15 is 0 Å². The van der Waals surface area contributed by atoms with Crippen molar-refractivity contribution < 1.29 is 9.13 Å². The van der Waals surface area contributed by atoms with Gasteiger partial charge in [0.1, 0.15) is 11.6 Å². The van der Waals surface area contributed by atoms with Crippen LogP contribution in [-0.2, 0) is 0 Å². The van der Waals surface area contributed by atoms with Crippen LogP contribution in [0.15, 0.2) is 36.4 Å². The van der Waals surface area contributed by atoms with Crippen LogP contribution in [0.2, 0.25) is 0 Å². The lowest BCUT2D eigenvalue weighted by Gasteiger charge is -2.21. The Morgan fingerprint density at radius 3 is 2.10 bits per heavy atom. The quantitative estimate of drug-likeness (QED) is 0.892. The van der Waals surface area contributed by atoms with Gasteiger partial charge in [-0.2, -0.15) is 0 Å². The summed E-state index contributed by atoms with van der Waals surface area (Å²) >= 11 is 0. The number of methoxy groups -OCH3 is 1. The van der Waals surface area contributed by atoms with Gasteiger partial charge in [-0.1, -0.05) is 31.2 Å². The minimum Gasteiger partial charge on any atom is -0.496 e. The maximum absolute atomic E-state index is 13.1. The summed E-state index contributed by atoms with van der Waals surface area (Å²) < 4.78 is 18.6. The van der Waals surface area contributed by atoms with Gasteiger partial charge in [-0.25, -0.2) is 4.39 Å². The topological polar surface area (TPSA) is 21.3 Å². The van der Waals surface area contributed by atoms with E-state index in [-0.39, 0.29) is 11.9 Å². The van der Waals surface area contributed by atoms with Crippen molar-refractivity contribution in [3.05, 3.63) is 64.5 Å². The van der Waals surface area contributed by atoms with Crippen molar-refractivity contribution >= 4 is 0 Å². The molecule has 0 saturated carbocycles. The summed E-state index contributed by atoms with van der Waals surface area (Å²) in [4.78, 5) is 0. The summed E-state index contributed by atoms with van der Waals surface area (Å²) in [5, 5.41) is 3.46.